The first-order valence-electron chi connectivity index (χ1n) is 6.33. The second kappa shape index (κ2) is 6.90. The van der Waals surface area contributed by atoms with Crippen molar-refractivity contribution >= 4 is 15.9 Å². The maximum absolute atomic E-state index is 9.87. The molecule has 0 radical (unpaired) electrons. The first-order chi connectivity index (χ1) is 8.11. The maximum Gasteiger partial charge on any atom is 0.172 e. The molecular weight excluding hydrogens is 280 g/mol. The topological polar surface area (TPSA) is 40.5 Å². The van der Waals surface area contributed by atoms with E-state index in [0.717, 1.165) is 49.7 Å². The average Bonchev–Trinajstić information content (AvgIpc) is 2.34. The van der Waals surface area contributed by atoms with E-state index in [1.54, 1.807) is 0 Å². The summed E-state index contributed by atoms with van der Waals surface area (Å²) in [5, 5.41) is 19.7. The van der Waals surface area contributed by atoms with Gasteiger partial charge in [-0.3, -0.25) is 0 Å². The highest BCUT2D eigenvalue weighted by Gasteiger charge is 2.14. The molecule has 0 saturated heterocycles. The Morgan fingerprint density at radius 1 is 0.941 bits per heavy atom. The molecule has 0 aliphatic rings. The molecule has 0 amide bonds. The molecule has 0 heterocycles. The lowest BCUT2D eigenvalue weighted by molar-refractivity contribution is 0.395. The van der Waals surface area contributed by atoms with Gasteiger partial charge in [0.1, 0.15) is 0 Å². The van der Waals surface area contributed by atoms with E-state index in [-0.39, 0.29) is 11.5 Å². The normalized spacial score (nSPS) is 10.8. The minimum Gasteiger partial charge on any atom is -0.504 e. The van der Waals surface area contributed by atoms with Crippen LogP contribution in [0.4, 0.5) is 0 Å². The molecule has 17 heavy (non-hydrogen) atoms. The summed E-state index contributed by atoms with van der Waals surface area (Å²) in [4.78, 5) is 0. The van der Waals surface area contributed by atoms with Crippen LogP contribution < -0.4 is 0 Å². The van der Waals surface area contributed by atoms with Crippen molar-refractivity contribution in [2.24, 2.45) is 0 Å². The van der Waals surface area contributed by atoms with Crippen LogP contribution in [0.5, 0.6) is 11.5 Å². The molecular formula is C14H21BrO2. The van der Waals surface area contributed by atoms with Gasteiger partial charge >= 0.3 is 0 Å². The van der Waals surface area contributed by atoms with Gasteiger partial charge in [0, 0.05) is 0 Å². The molecule has 0 aromatic heterocycles. The van der Waals surface area contributed by atoms with Crippen LogP contribution in [-0.4, -0.2) is 10.2 Å². The number of unbranched alkanes of at least 4 members (excludes halogenated alkanes) is 2. The molecule has 0 spiro atoms. The Hall–Kier alpha value is -0.700. The van der Waals surface area contributed by atoms with Gasteiger partial charge in [0.05, 0.1) is 4.47 Å². The Morgan fingerprint density at radius 3 is 2.00 bits per heavy atom. The van der Waals surface area contributed by atoms with Crippen molar-refractivity contribution < 1.29 is 10.2 Å². The number of hydrogen-bond donors (Lipinski definition) is 2. The summed E-state index contributed by atoms with van der Waals surface area (Å²) in [5.41, 5.74) is 1.95. The smallest absolute Gasteiger partial charge is 0.172 e. The summed E-state index contributed by atoms with van der Waals surface area (Å²) in [5.74, 6) is 0.0234. The van der Waals surface area contributed by atoms with E-state index >= 15 is 0 Å². The van der Waals surface area contributed by atoms with Crippen LogP contribution in [-0.2, 0) is 12.8 Å². The lowest BCUT2D eigenvalue weighted by Crippen LogP contribution is -1.93. The number of hydrogen-bond acceptors (Lipinski definition) is 2. The third-order valence-electron chi connectivity index (χ3n) is 2.97. The summed E-state index contributed by atoms with van der Waals surface area (Å²) in [6.07, 6.45) is 6.09. The standard InChI is InChI=1S/C14H21BrO2/c1-3-5-7-10-9-11(8-6-4-2)13(16)14(17)12(10)15/h9,16-17H,3-8H2,1-2H3. The van der Waals surface area contributed by atoms with Gasteiger partial charge in [0.15, 0.2) is 11.5 Å². The van der Waals surface area contributed by atoms with E-state index in [0.29, 0.717) is 4.47 Å². The van der Waals surface area contributed by atoms with E-state index in [9.17, 15) is 10.2 Å². The second-order valence-electron chi connectivity index (χ2n) is 4.41. The molecule has 0 unspecified atom stereocenters. The third-order valence-corrected chi connectivity index (χ3v) is 3.85. The molecule has 1 rings (SSSR count). The molecule has 1 aromatic rings. The fourth-order valence-electron chi connectivity index (χ4n) is 1.86. The molecule has 0 bridgehead atoms. The largest absolute Gasteiger partial charge is 0.504 e. The predicted molar refractivity (Wildman–Crippen MR) is 74.7 cm³/mol. The fraction of sp³-hybridized carbons (Fsp3) is 0.571. The number of phenolic OH excluding ortho intramolecular Hbond substituents is 2. The summed E-state index contributed by atoms with van der Waals surface area (Å²) in [6, 6.07) is 2.02. The van der Waals surface area contributed by atoms with E-state index in [1.165, 1.54) is 0 Å². The average molecular weight is 301 g/mol. The van der Waals surface area contributed by atoms with E-state index in [1.807, 2.05) is 6.07 Å². The predicted octanol–water partition coefficient (Wildman–Crippen LogP) is 4.55. The van der Waals surface area contributed by atoms with Gasteiger partial charge in [-0.1, -0.05) is 32.8 Å². The zero-order valence-corrected chi connectivity index (χ0v) is 12.2. The van der Waals surface area contributed by atoms with Crippen molar-refractivity contribution in [2.45, 2.75) is 52.4 Å². The van der Waals surface area contributed by atoms with Crippen LogP contribution in [0.3, 0.4) is 0 Å². The van der Waals surface area contributed by atoms with Crippen LogP contribution in [0.1, 0.15) is 50.7 Å². The first-order valence-corrected chi connectivity index (χ1v) is 7.13. The van der Waals surface area contributed by atoms with Crippen molar-refractivity contribution in [3.05, 3.63) is 21.7 Å². The minimum absolute atomic E-state index is 0.00953. The van der Waals surface area contributed by atoms with Gasteiger partial charge in [-0.25, -0.2) is 0 Å². The molecule has 3 heteroatoms. The van der Waals surface area contributed by atoms with Gasteiger partial charge in [0.25, 0.3) is 0 Å². The van der Waals surface area contributed by atoms with E-state index < -0.39 is 0 Å². The summed E-state index contributed by atoms with van der Waals surface area (Å²) < 4.78 is 0.642. The lowest BCUT2D eigenvalue weighted by atomic mass is 10.0. The van der Waals surface area contributed by atoms with Gasteiger partial charge < -0.3 is 10.2 Å². The number of rotatable bonds is 6. The number of phenols is 2. The zero-order chi connectivity index (χ0) is 12.8. The van der Waals surface area contributed by atoms with Crippen molar-refractivity contribution in [1.29, 1.82) is 0 Å². The van der Waals surface area contributed by atoms with Gasteiger partial charge in [-0.05, 0) is 52.7 Å². The van der Waals surface area contributed by atoms with Crippen LogP contribution in [0.15, 0.2) is 10.5 Å². The molecule has 2 N–H and O–H groups in total. The number of benzene rings is 1. The van der Waals surface area contributed by atoms with Gasteiger partial charge in [-0.2, -0.15) is 0 Å². The molecule has 1 aromatic carbocycles. The van der Waals surface area contributed by atoms with Crippen molar-refractivity contribution in [3.8, 4) is 11.5 Å². The number of aromatic hydroxyl groups is 2. The van der Waals surface area contributed by atoms with Crippen LogP contribution in [0, 0.1) is 0 Å². The van der Waals surface area contributed by atoms with Crippen LogP contribution in [0.25, 0.3) is 0 Å². The van der Waals surface area contributed by atoms with Crippen LogP contribution in [0.2, 0.25) is 0 Å². The quantitative estimate of drug-likeness (QED) is 0.757. The molecule has 0 aliphatic heterocycles. The number of halogens is 1. The Bertz CT molecular complexity index is 343. The Labute approximate surface area is 112 Å². The Morgan fingerprint density at radius 2 is 1.47 bits per heavy atom. The molecule has 2 nitrogen and oxygen atoms in total. The molecule has 0 atom stereocenters. The molecule has 0 aliphatic carbocycles. The van der Waals surface area contributed by atoms with E-state index in [4.69, 9.17) is 0 Å². The summed E-state index contributed by atoms with van der Waals surface area (Å²) in [7, 11) is 0. The Balaban J connectivity index is 3.01. The first kappa shape index (κ1) is 14.4. The highest BCUT2D eigenvalue weighted by Crippen LogP contribution is 2.40. The summed E-state index contributed by atoms with van der Waals surface area (Å²) >= 11 is 3.35. The highest BCUT2D eigenvalue weighted by molar-refractivity contribution is 9.10. The van der Waals surface area contributed by atoms with Gasteiger partial charge in [-0.15, -0.1) is 0 Å². The zero-order valence-electron chi connectivity index (χ0n) is 10.6. The van der Waals surface area contributed by atoms with Gasteiger partial charge in [0.2, 0.25) is 0 Å². The molecule has 96 valence electrons. The number of aryl methyl sites for hydroxylation is 2. The maximum atomic E-state index is 9.87. The second-order valence-corrected chi connectivity index (χ2v) is 5.21. The van der Waals surface area contributed by atoms with Crippen molar-refractivity contribution in [3.63, 3.8) is 0 Å². The highest BCUT2D eigenvalue weighted by atomic mass is 79.9. The minimum atomic E-state index is -0.00953. The fourth-order valence-corrected chi connectivity index (χ4v) is 2.36. The SMILES string of the molecule is CCCCc1cc(CCCC)c(Br)c(O)c1O. The summed E-state index contributed by atoms with van der Waals surface area (Å²) in [6.45, 7) is 4.26. The van der Waals surface area contributed by atoms with E-state index in [2.05, 4.69) is 29.8 Å². The van der Waals surface area contributed by atoms with Crippen molar-refractivity contribution in [2.75, 3.05) is 0 Å². The monoisotopic (exact) mass is 300 g/mol. The lowest BCUT2D eigenvalue weighted by Gasteiger charge is -2.12. The van der Waals surface area contributed by atoms with Crippen molar-refractivity contribution in [1.82, 2.24) is 0 Å². The molecule has 0 fully saturated rings. The molecule has 0 saturated carbocycles. The third kappa shape index (κ3) is 3.63. The van der Waals surface area contributed by atoms with Crippen LogP contribution >= 0.6 is 15.9 Å². The Kier molecular flexibility index (Phi) is 5.83.